The van der Waals surface area contributed by atoms with Crippen LogP contribution in [-0.2, 0) is 19.1 Å². The zero-order valence-corrected chi connectivity index (χ0v) is 11.1. The highest BCUT2D eigenvalue weighted by atomic mass is 16.5. The van der Waals surface area contributed by atoms with E-state index in [1.807, 2.05) is 35.2 Å². The van der Waals surface area contributed by atoms with Crippen LogP contribution in [0.2, 0.25) is 0 Å². The second-order valence-electron chi connectivity index (χ2n) is 5.56. The van der Waals surface area contributed by atoms with Crippen molar-refractivity contribution in [1.82, 2.24) is 4.90 Å². The van der Waals surface area contributed by atoms with Crippen LogP contribution in [0.3, 0.4) is 0 Å². The average molecular weight is 273 g/mol. The highest BCUT2D eigenvalue weighted by Gasteiger charge is 2.72. The van der Waals surface area contributed by atoms with Gasteiger partial charge in [-0.15, -0.1) is 0 Å². The fraction of sp³-hybridized carbons (Fsp3) is 0.467. The monoisotopic (exact) mass is 273 g/mol. The number of esters is 1. The maximum Gasteiger partial charge on any atom is 0.309 e. The van der Waals surface area contributed by atoms with Gasteiger partial charge in [-0.05, 0) is 0 Å². The molecule has 3 aliphatic rings. The zero-order chi connectivity index (χ0) is 13.9. The summed E-state index contributed by atoms with van der Waals surface area (Å²) >= 11 is 0. The van der Waals surface area contributed by atoms with E-state index in [9.17, 15) is 9.59 Å². The summed E-state index contributed by atoms with van der Waals surface area (Å²) in [5, 5.41) is 0. The number of benzene rings is 1. The van der Waals surface area contributed by atoms with Gasteiger partial charge in [0, 0.05) is 11.5 Å². The van der Waals surface area contributed by atoms with Gasteiger partial charge in [0.25, 0.3) is 0 Å². The first-order valence-electron chi connectivity index (χ1n) is 6.80. The molecule has 20 heavy (non-hydrogen) atoms. The van der Waals surface area contributed by atoms with Crippen LogP contribution in [0.15, 0.2) is 30.3 Å². The van der Waals surface area contributed by atoms with E-state index in [1.165, 1.54) is 7.11 Å². The van der Waals surface area contributed by atoms with Crippen molar-refractivity contribution in [2.75, 3.05) is 13.7 Å². The fourth-order valence-electron chi connectivity index (χ4n) is 3.72. The number of carbonyl (C=O) groups excluding carboxylic acids is 2. The van der Waals surface area contributed by atoms with Gasteiger partial charge in [0.15, 0.2) is 6.23 Å². The highest BCUT2D eigenvalue weighted by Crippen LogP contribution is 2.60. The molecule has 5 atom stereocenters. The molecule has 0 spiro atoms. The third-order valence-electron chi connectivity index (χ3n) is 4.65. The molecular weight excluding hydrogens is 258 g/mol. The number of ether oxygens (including phenoxy) is 2. The molecule has 2 heterocycles. The minimum absolute atomic E-state index is 0.0156. The van der Waals surface area contributed by atoms with Gasteiger partial charge in [-0.25, -0.2) is 0 Å². The molecule has 5 nitrogen and oxygen atoms in total. The molecule has 2 saturated heterocycles. The summed E-state index contributed by atoms with van der Waals surface area (Å²) in [4.78, 5) is 25.9. The topological polar surface area (TPSA) is 55.8 Å². The van der Waals surface area contributed by atoms with Crippen LogP contribution in [0.25, 0.3) is 0 Å². The Hall–Kier alpha value is -1.88. The summed E-state index contributed by atoms with van der Waals surface area (Å²) in [5.41, 5.74) is 0.985. The lowest BCUT2D eigenvalue weighted by atomic mass is 10.1. The molecule has 1 saturated carbocycles. The Labute approximate surface area is 116 Å². The van der Waals surface area contributed by atoms with Crippen LogP contribution in [0, 0.1) is 17.8 Å². The van der Waals surface area contributed by atoms with Crippen LogP contribution >= 0.6 is 0 Å². The lowest BCUT2D eigenvalue weighted by Crippen LogP contribution is -2.37. The quantitative estimate of drug-likeness (QED) is 0.753. The molecule has 2 aliphatic heterocycles. The molecule has 104 valence electrons. The Morgan fingerprint density at radius 1 is 1.35 bits per heavy atom. The molecular formula is C15H15NO4. The third kappa shape index (κ3) is 1.41. The summed E-state index contributed by atoms with van der Waals surface area (Å²) in [6, 6.07) is 9.74. The molecule has 1 amide bonds. The minimum Gasteiger partial charge on any atom is -0.469 e. The lowest BCUT2D eigenvalue weighted by Gasteiger charge is -2.25. The zero-order valence-electron chi connectivity index (χ0n) is 11.1. The Kier molecular flexibility index (Phi) is 2.41. The summed E-state index contributed by atoms with van der Waals surface area (Å²) < 4.78 is 10.6. The predicted molar refractivity (Wildman–Crippen MR) is 68.3 cm³/mol. The van der Waals surface area contributed by atoms with Crippen LogP contribution in [-0.4, -0.2) is 36.5 Å². The SMILES string of the molecule is COC(=O)[C@@H]1[C@H]2C(=O)N3[C@@H](c4ccccc4)OC[C@@H]3[C@@H]12. The molecule has 0 unspecified atom stereocenters. The second-order valence-corrected chi connectivity index (χ2v) is 5.56. The summed E-state index contributed by atoms with van der Waals surface area (Å²) in [7, 11) is 1.37. The molecule has 3 fully saturated rings. The summed E-state index contributed by atoms with van der Waals surface area (Å²) in [5.74, 6) is -0.615. The van der Waals surface area contributed by atoms with Gasteiger partial charge in [-0.2, -0.15) is 0 Å². The minimum atomic E-state index is -0.306. The first-order chi connectivity index (χ1) is 9.74. The van der Waals surface area contributed by atoms with Crippen LogP contribution in [0.1, 0.15) is 11.8 Å². The number of nitrogens with zero attached hydrogens (tertiary/aromatic N) is 1. The van der Waals surface area contributed by atoms with Crippen molar-refractivity contribution in [3.8, 4) is 0 Å². The lowest BCUT2D eigenvalue weighted by molar-refractivity contribution is -0.147. The molecule has 5 heteroatoms. The number of carbonyl (C=O) groups is 2. The van der Waals surface area contributed by atoms with E-state index in [2.05, 4.69) is 0 Å². The fourth-order valence-corrected chi connectivity index (χ4v) is 3.72. The van der Waals surface area contributed by atoms with E-state index in [0.717, 1.165) is 5.56 Å². The highest BCUT2D eigenvalue weighted by molar-refractivity contribution is 5.94. The van der Waals surface area contributed by atoms with Crippen LogP contribution in [0.4, 0.5) is 0 Å². The largest absolute Gasteiger partial charge is 0.469 e. The molecule has 1 aromatic rings. The number of methoxy groups -OCH3 is 1. The number of rotatable bonds is 2. The average Bonchev–Trinajstić information content (AvgIpc) is 2.96. The summed E-state index contributed by atoms with van der Waals surface area (Å²) in [6.45, 7) is 0.500. The van der Waals surface area contributed by atoms with Gasteiger partial charge in [0.2, 0.25) is 5.91 Å². The molecule has 0 N–H and O–H groups in total. The Balaban J connectivity index is 1.59. The maximum atomic E-state index is 12.5. The van der Waals surface area contributed by atoms with Crippen molar-refractivity contribution in [2.24, 2.45) is 17.8 Å². The van der Waals surface area contributed by atoms with Crippen LogP contribution < -0.4 is 0 Å². The number of hydrogen-bond acceptors (Lipinski definition) is 4. The van der Waals surface area contributed by atoms with E-state index in [4.69, 9.17) is 9.47 Å². The van der Waals surface area contributed by atoms with E-state index in [1.54, 1.807) is 0 Å². The van der Waals surface area contributed by atoms with E-state index < -0.39 is 0 Å². The number of fused-ring (bicyclic) bond motifs is 3. The van der Waals surface area contributed by atoms with Crippen molar-refractivity contribution in [3.05, 3.63) is 35.9 Å². The molecule has 1 aromatic carbocycles. The molecule has 1 aliphatic carbocycles. The normalized spacial score (nSPS) is 37.5. The standard InChI is InChI=1S/C15H15NO4/c1-19-15(18)12-10-9-7-20-14(8-5-3-2-4-6-8)16(9)13(17)11(10)12/h2-6,9-12,14H,7H2,1H3/t9-,10-,11+,12+,14-/m1/s1. The smallest absolute Gasteiger partial charge is 0.309 e. The van der Waals surface area contributed by atoms with E-state index in [0.29, 0.717) is 6.61 Å². The Morgan fingerprint density at radius 3 is 2.80 bits per heavy atom. The van der Waals surface area contributed by atoms with Crippen molar-refractivity contribution in [1.29, 1.82) is 0 Å². The number of hydrogen-bond donors (Lipinski definition) is 0. The van der Waals surface area contributed by atoms with Gasteiger partial charge in [0.05, 0.1) is 31.6 Å². The van der Waals surface area contributed by atoms with Crippen LogP contribution in [0.5, 0.6) is 0 Å². The first-order valence-corrected chi connectivity index (χ1v) is 6.80. The van der Waals surface area contributed by atoms with Crippen molar-refractivity contribution in [2.45, 2.75) is 12.3 Å². The van der Waals surface area contributed by atoms with Crippen molar-refractivity contribution < 1.29 is 19.1 Å². The van der Waals surface area contributed by atoms with Crippen molar-refractivity contribution >= 4 is 11.9 Å². The third-order valence-corrected chi connectivity index (χ3v) is 4.65. The predicted octanol–water partition coefficient (Wildman–Crippen LogP) is 0.961. The second kappa shape index (κ2) is 4.06. The maximum absolute atomic E-state index is 12.5. The van der Waals surface area contributed by atoms with Gasteiger partial charge in [-0.1, -0.05) is 30.3 Å². The molecule has 0 aromatic heterocycles. The molecule has 0 bridgehead atoms. The van der Waals surface area contributed by atoms with Gasteiger partial charge in [0.1, 0.15) is 0 Å². The molecule has 4 rings (SSSR count). The van der Waals surface area contributed by atoms with Gasteiger partial charge in [-0.3, -0.25) is 9.59 Å². The van der Waals surface area contributed by atoms with E-state index in [-0.39, 0.29) is 41.9 Å². The summed E-state index contributed by atoms with van der Waals surface area (Å²) in [6.07, 6.45) is -0.306. The Morgan fingerprint density at radius 2 is 2.10 bits per heavy atom. The first kappa shape index (κ1) is 11.9. The van der Waals surface area contributed by atoms with Gasteiger partial charge >= 0.3 is 5.97 Å². The van der Waals surface area contributed by atoms with Crippen molar-refractivity contribution in [3.63, 3.8) is 0 Å². The number of piperidine rings is 1. The Bertz CT molecular complexity index is 572. The van der Waals surface area contributed by atoms with Gasteiger partial charge < -0.3 is 14.4 Å². The molecule has 0 radical (unpaired) electrons. The van der Waals surface area contributed by atoms with E-state index >= 15 is 0 Å². The number of amides is 1.